The fraction of sp³-hybridized carbons (Fsp3) is 0.929. The Bertz CT molecular complexity index is 278. The molecule has 0 aromatic rings. The van der Waals surface area contributed by atoms with E-state index in [1.165, 1.54) is 0 Å². The van der Waals surface area contributed by atoms with Crippen LogP contribution in [0.3, 0.4) is 0 Å². The van der Waals surface area contributed by atoms with Gasteiger partial charge in [0.25, 0.3) is 0 Å². The van der Waals surface area contributed by atoms with Gasteiger partial charge in [0.1, 0.15) is 0 Å². The van der Waals surface area contributed by atoms with Crippen LogP contribution in [-0.2, 0) is 18.8 Å². The Balaban J connectivity index is 3.57. The van der Waals surface area contributed by atoms with E-state index in [0.29, 0.717) is 26.0 Å². The van der Waals surface area contributed by atoms with Crippen molar-refractivity contribution in [2.45, 2.75) is 51.6 Å². The highest BCUT2D eigenvalue weighted by molar-refractivity contribution is 7.51. The first-order valence-electron chi connectivity index (χ1n) is 7.37. The monoisotopic (exact) mass is 322 g/mol. The highest BCUT2D eigenvalue weighted by Crippen LogP contribution is 2.32. The molecule has 0 saturated heterocycles. The van der Waals surface area contributed by atoms with Crippen molar-refractivity contribution < 1.29 is 18.8 Å². The van der Waals surface area contributed by atoms with E-state index >= 15 is 0 Å². The van der Waals surface area contributed by atoms with Gasteiger partial charge in [-0.25, -0.2) is 5.84 Å². The minimum absolute atomic E-state index is 0.111. The standard InChI is InChI=1S/C14H31N2O4P/c1-14(2,9-11-20-21(4)12-18-3)19-10-7-5-6-8-13(17)16-15/h5-12,15H2,1-4H3,(H,16,17). The first-order valence-corrected chi connectivity index (χ1v) is 9.27. The molecule has 1 unspecified atom stereocenters. The normalized spacial score (nSPS) is 13.2. The van der Waals surface area contributed by atoms with Crippen LogP contribution < -0.4 is 11.3 Å². The average Bonchev–Trinajstić information content (AvgIpc) is 2.42. The van der Waals surface area contributed by atoms with Crippen LogP contribution in [0.5, 0.6) is 0 Å². The molecular weight excluding hydrogens is 291 g/mol. The van der Waals surface area contributed by atoms with Gasteiger partial charge in [-0.2, -0.15) is 0 Å². The second-order valence-corrected chi connectivity index (χ2v) is 7.39. The predicted molar refractivity (Wildman–Crippen MR) is 86.1 cm³/mol. The van der Waals surface area contributed by atoms with E-state index in [4.69, 9.17) is 19.8 Å². The van der Waals surface area contributed by atoms with Gasteiger partial charge in [0.05, 0.1) is 26.7 Å². The fourth-order valence-electron chi connectivity index (χ4n) is 1.72. The lowest BCUT2D eigenvalue weighted by molar-refractivity contribution is -0.121. The van der Waals surface area contributed by atoms with Gasteiger partial charge in [0.15, 0.2) is 0 Å². The van der Waals surface area contributed by atoms with Gasteiger partial charge < -0.3 is 14.0 Å². The van der Waals surface area contributed by atoms with Gasteiger partial charge >= 0.3 is 0 Å². The molecule has 0 saturated carbocycles. The third kappa shape index (κ3) is 13.1. The summed E-state index contributed by atoms with van der Waals surface area (Å²) in [6.45, 7) is 7.61. The Labute approximate surface area is 129 Å². The third-order valence-electron chi connectivity index (χ3n) is 3.03. The van der Waals surface area contributed by atoms with Crippen molar-refractivity contribution in [3.8, 4) is 0 Å². The number of hydrogen-bond donors (Lipinski definition) is 2. The average molecular weight is 322 g/mol. The molecule has 0 rings (SSSR count). The molecule has 0 heterocycles. The second-order valence-electron chi connectivity index (χ2n) is 5.62. The van der Waals surface area contributed by atoms with Crippen molar-refractivity contribution in [2.75, 3.05) is 33.3 Å². The molecule has 1 atom stereocenters. The summed E-state index contributed by atoms with van der Waals surface area (Å²) in [5.41, 5.74) is 1.95. The molecule has 0 spiro atoms. The van der Waals surface area contributed by atoms with Crippen molar-refractivity contribution in [3.63, 3.8) is 0 Å². The predicted octanol–water partition coefficient (Wildman–Crippen LogP) is 2.37. The number of hydrogen-bond acceptors (Lipinski definition) is 5. The molecule has 0 aliphatic heterocycles. The lowest BCUT2D eigenvalue weighted by Gasteiger charge is -2.26. The van der Waals surface area contributed by atoms with Crippen LogP contribution >= 0.6 is 8.15 Å². The van der Waals surface area contributed by atoms with Gasteiger partial charge in [-0.05, 0) is 39.8 Å². The fourth-order valence-corrected chi connectivity index (χ4v) is 2.56. The lowest BCUT2D eigenvalue weighted by Crippen LogP contribution is -2.29. The zero-order valence-electron chi connectivity index (χ0n) is 13.8. The molecule has 126 valence electrons. The number of hydrazine groups is 1. The Morgan fingerprint density at radius 2 is 1.95 bits per heavy atom. The number of ether oxygens (including phenoxy) is 2. The maximum absolute atomic E-state index is 10.9. The first-order chi connectivity index (χ1) is 9.91. The zero-order valence-corrected chi connectivity index (χ0v) is 14.7. The van der Waals surface area contributed by atoms with Crippen molar-refractivity contribution in [1.82, 2.24) is 5.43 Å². The highest BCUT2D eigenvalue weighted by Gasteiger charge is 2.18. The van der Waals surface area contributed by atoms with Crippen LogP contribution in [0.1, 0.15) is 46.0 Å². The topological polar surface area (TPSA) is 82.8 Å². The van der Waals surface area contributed by atoms with Gasteiger partial charge in [0.2, 0.25) is 5.91 Å². The maximum atomic E-state index is 10.9. The number of amides is 1. The minimum Gasteiger partial charge on any atom is -0.378 e. The molecule has 0 aromatic heterocycles. The van der Waals surface area contributed by atoms with Crippen LogP contribution in [0.15, 0.2) is 0 Å². The third-order valence-corrected chi connectivity index (χ3v) is 4.27. The van der Waals surface area contributed by atoms with Gasteiger partial charge in [-0.15, -0.1) is 0 Å². The van der Waals surface area contributed by atoms with Crippen molar-refractivity contribution >= 4 is 14.1 Å². The van der Waals surface area contributed by atoms with Crippen LogP contribution in [0.25, 0.3) is 0 Å². The molecule has 0 aliphatic rings. The largest absolute Gasteiger partial charge is 0.378 e. The maximum Gasteiger partial charge on any atom is 0.233 e. The quantitative estimate of drug-likeness (QED) is 0.179. The van der Waals surface area contributed by atoms with E-state index in [9.17, 15) is 4.79 Å². The number of methoxy groups -OCH3 is 1. The van der Waals surface area contributed by atoms with E-state index in [2.05, 4.69) is 25.9 Å². The molecule has 0 radical (unpaired) electrons. The van der Waals surface area contributed by atoms with Gasteiger partial charge in [-0.1, -0.05) is 6.42 Å². The van der Waals surface area contributed by atoms with Gasteiger partial charge in [0, 0.05) is 20.1 Å². The van der Waals surface area contributed by atoms with Crippen molar-refractivity contribution in [3.05, 3.63) is 0 Å². The Hall–Kier alpha value is -0.260. The SMILES string of the molecule is COCP(C)OCCC(C)(C)OCCCCCC(=O)NN. The number of carbonyl (C=O) groups excluding carboxylic acids is 1. The summed E-state index contributed by atoms with van der Waals surface area (Å²) in [6, 6.07) is 0. The molecule has 6 nitrogen and oxygen atoms in total. The lowest BCUT2D eigenvalue weighted by atomic mass is 10.1. The zero-order chi connectivity index (χ0) is 16.1. The summed E-state index contributed by atoms with van der Waals surface area (Å²) in [4.78, 5) is 10.9. The smallest absolute Gasteiger partial charge is 0.233 e. The van der Waals surface area contributed by atoms with E-state index < -0.39 is 8.15 Å². The molecule has 0 aliphatic carbocycles. The number of unbranched alkanes of at least 4 members (excludes halogenated alkanes) is 2. The van der Waals surface area contributed by atoms with Crippen molar-refractivity contribution in [2.24, 2.45) is 5.84 Å². The molecule has 21 heavy (non-hydrogen) atoms. The summed E-state index contributed by atoms with van der Waals surface area (Å²) in [5, 5.41) is 0. The highest BCUT2D eigenvalue weighted by atomic mass is 31.1. The summed E-state index contributed by atoms with van der Waals surface area (Å²) in [6.07, 6.45) is 4.77. The molecule has 7 heteroatoms. The Kier molecular flexibility index (Phi) is 12.1. The molecular formula is C14H31N2O4P. The molecule has 0 bridgehead atoms. The minimum atomic E-state index is -0.489. The van der Waals surface area contributed by atoms with Crippen LogP contribution in [0, 0.1) is 0 Å². The van der Waals surface area contributed by atoms with E-state index in [0.717, 1.165) is 25.7 Å². The summed E-state index contributed by atoms with van der Waals surface area (Å²) >= 11 is 0. The van der Waals surface area contributed by atoms with E-state index in [1.807, 2.05) is 0 Å². The second kappa shape index (κ2) is 12.3. The number of carbonyl (C=O) groups is 1. The van der Waals surface area contributed by atoms with Crippen LogP contribution in [0.2, 0.25) is 0 Å². The molecule has 3 N–H and O–H groups in total. The van der Waals surface area contributed by atoms with E-state index in [1.54, 1.807) is 7.11 Å². The molecule has 0 aromatic carbocycles. The van der Waals surface area contributed by atoms with Crippen molar-refractivity contribution in [1.29, 1.82) is 0 Å². The number of nitrogens with one attached hydrogen (secondary N) is 1. The summed E-state index contributed by atoms with van der Waals surface area (Å²) in [5.74, 6) is 4.90. The van der Waals surface area contributed by atoms with Crippen LogP contribution in [-0.4, -0.2) is 44.8 Å². The van der Waals surface area contributed by atoms with Crippen LogP contribution in [0.4, 0.5) is 0 Å². The molecule has 0 fully saturated rings. The summed E-state index contributed by atoms with van der Waals surface area (Å²) in [7, 11) is 1.20. The number of nitrogens with two attached hydrogens (primary N) is 1. The van der Waals surface area contributed by atoms with Gasteiger partial charge in [-0.3, -0.25) is 10.2 Å². The van der Waals surface area contributed by atoms with E-state index in [-0.39, 0.29) is 11.5 Å². The molecule has 1 amide bonds. The number of rotatable bonds is 13. The Morgan fingerprint density at radius 1 is 1.24 bits per heavy atom. The summed E-state index contributed by atoms with van der Waals surface area (Å²) < 4.78 is 16.6. The Morgan fingerprint density at radius 3 is 2.57 bits per heavy atom. The first kappa shape index (κ1) is 20.7.